The van der Waals surface area contributed by atoms with Gasteiger partial charge in [0.25, 0.3) is 5.91 Å². The van der Waals surface area contributed by atoms with Crippen LogP contribution in [0, 0.1) is 0 Å². The second kappa shape index (κ2) is 8.53. The SMILES string of the molecule is O=C(NCCNc1cc(N2CCOCC2)cnn1)c1cc(-c2ccco2)on1. The molecule has 3 aromatic rings. The van der Waals surface area contributed by atoms with E-state index in [-0.39, 0.29) is 11.6 Å². The Bertz CT molecular complexity index is 904. The number of carbonyl (C=O) groups is 1. The summed E-state index contributed by atoms with van der Waals surface area (Å²) >= 11 is 0. The molecule has 1 aliphatic heterocycles. The molecule has 1 saturated heterocycles. The summed E-state index contributed by atoms with van der Waals surface area (Å²) in [5.74, 6) is 1.26. The fourth-order valence-corrected chi connectivity index (χ4v) is 2.81. The maximum absolute atomic E-state index is 12.2. The van der Waals surface area contributed by atoms with Gasteiger partial charge >= 0.3 is 0 Å². The minimum absolute atomic E-state index is 0.195. The summed E-state index contributed by atoms with van der Waals surface area (Å²) in [6.07, 6.45) is 3.26. The van der Waals surface area contributed by atoms with Gasteiger partial charge in [-0.15, -0.1) is 5.10 Å². The van der Waals surface area contributed by atoms with E-state index < -0.39 is 0 Å². The van der Waals surface area contributed by atoms with Crippen LogP contribution in [0.3, 0.4) is 0 Å². The van der Waals surface area contributed by atoms with Crippen molar-refractivity contribution in [2.24, 2.45) is 0 Å². The molecule has 0 atom stereocenters. The fraction of sp³-hybridized carbons (Fsp3) is 0.333. The molecule has 0 unspecified atom stereocenters. The maximum Gasteiger partial charge on any atom is 0.273 e. The van der Waals surface area contributed by atoms with Crippen LogP contribution in [0.2, 0.25) is 0 Å². The third-order valence-corrected chi connectivity index (χ3v) is 4.24. The molecule has 10 heteroatoms. The molecule has 28 heavy (non-hydrogen) atoms. The second-order valence-electron chi connectivity index (χ2n) is 6.13. The number of morpholine rings is 1. The molecule has 10 nitrogen and oxygen atoms in total. The van der Waals surface area contributed by atoms with E-state index in [1.165, 1.54) is 6.26 Å². The van der Waals surface area contributed by atoms with Crippen LogP contribution in [0.5, 0.6) is 0 Å². The van der Waals surface area contributed by atoms with Crippen LogP contribution in [-0.2, 0) is 4.74 Å². The number of nitrogens with zero attached hydrogens (tertiary/aromatic N) is 4. The quantitative estimate of drug-likeness (QED) is 0.583. The van der Waals surface area contributed by atoms with Crippen LogP contribution in [0.1, 0.15) is 10.5 Å². The normalized spacial score (nSPS) is 14.1. The van der Waals surface area contributed by atoms with Gasteiger partial charge in [0.1, 0.15) is 0 Å². The lowest BCUT2D eigenvalue weighted by Gasteiger charge is -2.28. The number of aromatic nitrogens is 3. The third-order valence-electron chi connectivity index (χ3n) is 4.24. The van der Waals surface area contributed by atoms with Crippen molar-refractivity contribution in [3.05, 3.63) is 42.4 Å². The zero-order valence-corrected chi connectivity index (χ0v) is 15.1. The highest BCUT2D eigenvalue weighted by atomic mass is 16.5. The van der Waals surface area contributed by atoms with Crippen LogP contribution in [0.4, 0.5) is 11.5 Å². The summed E-state index contributed by atoms with van der Waals surface area (Å²) in [6, 6.07) is 6.95. The monoisotopic (exact) mass is 384 g/mol. The summed E-state index contributed by atoms with van der Waals surface area (Å²) < 4.78 is 15.7. The minimum atomic E-state index is -0.323. The lowest BCUT2D eigenvalue weighted by molar-refractivity contribution is 0.0946. The number of furan rings is 1. The number of anilines is 2. The molecule has 1 aliphatic rings. The molecule has 3 aromatic heterocycles. The lowest BCUT2D eigenvalue weighted by Crippen LogP contribution is -2.36. The van der Waals surface area contributed by atoms with Crippen molar-refractivity contribution < 1.29 is 18.5 Å². The summed E-state index contributed by atoms with van der Waals surface area (Å²) in [5.41, 5.74) is 1.19. The zero-order valence-electron chi connectivity index (χ0n) is 15.1. The highest BCUT2D eigenvalue weighted by molar-refractivity contribution is 5.92. The van der Waals surface area contributed by atoms with Crippen molar-refractivity contribution in [1.29, 1.82) is 0 Å². The number of rotatable bonds is 7. The smallest absolute Gasteiger partial charge is 0.273 e. The number of hydrogen-bond donors (Lipinski definition) is 2. The number of amides is 1. The van der Waals surface area contributed by atoms with Gasteiger partial charge in [0, 0.05) is 38.3 Å². The van der Waals surface area contributed by atoms with E-state index in [0.717, 1.165) is 18.8 Å². The molecular formula is C18H20N6O4. The molecule has 0 saturated carbocycles. The Morgan fingerprint density at radius 1 is 1.18 bits per heavy atom. The van der Waals surface area contributed by atoms with Crippen LogP contribution in [0.15, 0.2) is 45.7 Å². The standard InChI is InChI=1S/C18H20N6O4/c25-18(14-11-16(28-23-14)15-2-1-7-27-15)20-4-3-19-17-10-13(12-21-22-17)24-5-8-26-9-6-24/h1-2,7,10-12H,3-6,8-9H2,(H,19,22)(H,20,25). The number of hydrogen-bond acceptors (Lipinski definition) is 9. The van der Waals surface area contributed by atoms with E-state index in [9.17, 15) is 4.79 Å². The molecule has 1 amide bonds. The Labute approximate surface area is 160 Å². The van der Waals surface area contributed by atoms with Gasteiger partial charge in [-0.2, -0.15) is 5.10 Å². The van der Waals surface area contributed by atoms with Gasteiger partial charge in [0.15, 0.2) is 17.3 Å². The first-order chi connectivity index (χ1) is 13.8. The third kappa shape index (κ3) is 4.29. The van der Waals surface area contributed by atoms with Crippen molar-refractivity contribution in [1.82, 2.24) is 20.7 Å². The molecule has 0 spiro atoms. The second-order valence-corrected chi connectivity index (χ2v) is 6.13. The molecule has 0 bridgehead atoms. The minimum Gasteiger partial charge on any atom is -0.461 e. The van der Waals surface area contributed by atoms with E-state index in [1.807, 2.05) is 6.07 Å². The lowest BCUT2D eigenvalue weighted by atomic mass is 10.3. The molecule has 1 fully saturated rings. The zero-order chi connectivity index (χ0) is 19.2. The summed E-state index contributed by atoms with van der Waals surface area (Å²) in [6.45, 7) is 3.97. The van der Waals surface area contributed by atoms with Crippen LogP contribution < -0.4 is 15.5 Å². The molecule has 2 N–H and O–H groups in total. The van der Waals surface area contributed by atoms with Gasteiger partial charge < -0.3 is 29.2 Å². The van der Waals surface area contributed by atoms with Crippen molar-refractivity contribution in [2.45, 2.75) is 0 Å². The largest absolute Gasteiger partial charge is 0.461 e. The first-order valence-corrected chi connectivity index (χ1v) is 8.98. The molecule has 0 aliphatic carbocycles. The highest BCUT2D eigenvalue weighted by Gasteiger charge is 2.15. The van der Waals surface area contributed by atoms with Crippen LogP contribution >= 0.6 is 0 Å². The predicted octanol–water partition coefficient (Wildman–Crippen LogP) is 1.40. The molecule has 4 rings (SSSR count). The maximum atomic E-state index is 12.2. The summed E-state index contributed by atoms with van der Waals surface area (Å²) in [5, 5.41) is 17.8. The Hall–Kier alpha value is -3.40. The van der Waals surface area contributed by atoms with E-state index in [1.54, 1.807) is 24.4 Å². The van der Waals surface area contributed by atoms with Gasteiger partial charge in [-0.25, -0.2) is 0 Å². The van der Waals surface area contributed by atoms with Crippen molar-refractivity contribution in [3.8, 4) is 11.5 Å². The molecular weight excluding hydrogens is 364 g/mol. The first-order valence-electron chi connectivity index (χ1n) is 8.98. The predicted molar refractivity (Wildman–Crippen MR) is 100 cm³/mol. The van der Waals surface area contributed by atoms with E-state index in [2.05, 4.69) is 30.9 Å². The Balaban J connectivity index is 1.25. The average molecular weight is 384 g/mol. The van der Waals surface area contributed by atoms with E-state index in [4.69, 9.17) is 13.7 Å². The van der Waals surface area contributed by atoms with E-state index >= 15 is 0 Å². The van der Waals surface area contributed by atoms with Gasteiger partial charge in [0.2, 0.25) is 5.76 Å². The van der Waals surface area contributed by atoms with Crippen molar-refractivity contribution >= 4 is 17.4 Å². The molecule has 0 radical (unpaired) electrons. The Kier molecular flexibility index (Phi) is 5.48. The summed E-state index contributed by atoms with van der Waals surface area (Å²) in [7, 11) is 0. The first kappa shape index (κ1) is 18.0. The van der Waals surface area contributed by atoms with Crippen LogP contribution in [-0.4, -0.2) is 60.7 Å². The van der Waals surface area contributed by atoms with Gasteiger partial charge in [-0.05, 0) is 12.1 Å². The number of nitrogens with one attached hydrogen (secondary N) is 2. The highest BCUT2D eigenvalue weighted by Crippen LogP contribution is 2.20. The fourth-order valence-electron chi connectivity index (χ4n) is 2.81. The van der Waals surface area contributed by atoms with Gasteiger partial charge in [-0.1, -0.05) is 5.16 Å². The van der Waals surface area contributed by atoms with Crippen molar-refractivity contribution in [2.75, 3.05) is 49.6 Å². The Morgan fingerprint density at radius 2 is 2.07 bits per heavy atom. The topological polar surface area (TPSA) is 119 Å². The molecule has 0 aromatic carbocycles. The average Bonchev–Trinajstić information content (AvgIpc) is 3.44. The molecule has 146 valence electrons. The van der Waals surface area contributed by atoms with Gasteiger partial charge in [0.05, 0.1) is 31.4 Å². The Morgan fingerprint density at radius 3 is 2.89 bits per heavy atom. The number of carbonyl (C=O) groups excluding carboxylic acids is 1. The summed E-state index contributed by atoms with van der Waals surface area (Å²) in [4.78, 5) is 14.4. The van der Waals surface area contributed by atoms with E-state index in [0.29, 0.717) is 43.6 Å². The number of ether oxygens (including phenoxy) is 1. The molecule has 4 heterocycles. The van der Waals surface area contributed by atoms with Crippen LogP contribution in [0.25, 0.3) is 11.5 Å². The van der Waals surface area contributed by atoms with Gasteiger partial charge in [-0.3, -0.25) is 4.79 Å². The van der Waals surface area contributed by atoms with Crippen molar-refractivity contribution in [3.63, 3.8) is 0 Å².